The van der Waals surface area contributed by atoms with Crippen molar-refractivity contribution in [3.63, 3.8) is 0 Å². The molecule has 3 nitrogen and oxygen atoms in total. The maximum absolute atomic E-state index is 11.8. The van der Waals surface area contributed by atoms with Crippen LogP contribution in [0.2, 0.25) is 0 Å². The molecule has 0 heterocycles. The quantitative estimate of drug-likeness (QED) is 0.837. The van der Waals surface area contributed by atoms with Crippen LogP contribution in [0, 0.1) is 0 Å². The molecule has 3 heteroatoms. The normalized spacial score (nSPS) is 10.8. The third kappa shape index (κ3) is 5.15. The number of ether oxygens (including phenoxy) is 1. The maximum atomic E-state index is 11.8. The SMILES string of the molecule is CC(C)Oc1cccc(/C=C/C(=O)Nc2ccccc2)c1. The van der Waals surface area contributed by atoms with E-state index in [1.807, 2.05) is 68.4 Å². The second-order valence-electron chi connectivity index (χ2n) is 4.93. The molecule has 0 aliphatic carbocycles. The van der Waals surface area contributed by atoms with Gasteiger partial charge in [0, 0.05) is 11.8 Å². The predicted octanol–water partition coefficient (Wildman–Crippen LogP) is 4.13. The van der Waals surface area contributed by atoms with E-state index < -0.39 is 0 Å². The molecule has 0 aliphatic rings. The maximum Gasteiger partial charge on any atom is 0.248 e. The molecule has 0 bridgehead atoms. The fraction of sp³-hybridized carbons (Fsp3) is 0.167. The van der Waals surface area contributed by atoms with Crippen LogP contribution in [0.5, 0.6) is 5.75 Å². The summed E-state index contributed by atoms with van der Waals surface area (Å²) in [6.07, 6.45) is 3.41. The average molecular weight is 281 g/mol. The molecule has 0 saturated carbocycles. The Morgan fingerprint density at radius 1 is 1.10 bits per heavy atom. The number of para-hydroxylation sites is 1. The summed E-state index contributed by atoms with van der Waals surface area (Å²) in [6, 6.07) is 17.0. The second kappa shape index (κ2) is 7.29. The van der Waals surface area contributed by atoms with Crippen LogP contribution in [0.25, 0.3) is 6.08 Å². The lowest BCUT2D eigenvalue weighted by Crippen LogP contribution is -2.07. The molecule has 1 N–H and O–H groups in total. The minimum absolute atomic E-state index is 0.130. The molecular weight excluding hydrogens is 262 g/mol. The van der Waals surface area contributed by atoms with Gasteiger partial charge in [0.05, 0.1) is 6.10 Å². The van der Waals surface area contributed by atoms with Crippen LogP contribution >= 0.6 is 0 Å². The molecule has 0 aliphatic heterocycles. The minimum Gasteiger partial charge on any atom is -0.491 e. The first-order valence-corrected chi connectivity index (χ1v) is 6.94. The van der Waals surface area contributed by atoms with Crippen molar-refractivity contribution < 1.29 is 9.53 Å². The van der Waals surface area contributed by atoms with E-state index in [4.69, 9.17) is 4.74 Å². The highest BCUT2D eigenvalue weighted by molar-refractivity contribution is 6.01. The number of benzene rings is 2. The first-order valence-electron chi connectivity index (χ1n) is 6.94. The lowest BCUT2D eigenvalue weighted by Gasteiger charge is -2.09. The van der Waals surface area contributed by atoms with Crippen LogP contribution in [0.15, 0.2) is 60.7 Å². The van der Waals surface area contributed by atoms with Crippen molar-refractivity contribution in [2.45, 2.75) is 20.0 Å². The first-order chi connectivity index (χ1) is 10.1. The number of carbonyl (C=O) groups excluding carboxylic acids is 1. The number of carbonyl (C=O) groups is 1. The number of rotatable bonds is 5. The molecular formula is C18H19NO2. The van der Waals surface area contributed by atoms with Gasteiger partial charge >= 0.3 is 0 Å². The number of nitrogens with one attached hydrogen (secondary N) is 1. The monoisotopic (exact) mass is 281 g/mol. The Kier molecular flexibility index (Phi) is 5.16. The van der Waals surface area contributed by atoms with Crippen LogP contribution in [-0.4, -0.2) is 12.0 Å². The molecule has 0 fully saturated rings. The standard InChI is InChI=1S/C18H19NO2/c1-14(2)21-17-10-6-7-15(13-17)11-12-18(20)19-16-8-4-3-5-9-16/h3-14H,1-2H3,(H,19,20)/b12-11+. The molecule has 21 heavy (non-hydrogen) atoms. The van der Waals surface area contributed by atoms with Crippen molar-refractivity contribution in [2.75, 3.05) is 5.32 Å². The molecule has 0 aromatic heterocycles. The van der Waals surface area contributed by atoms with Gasteiger partial charge in [0.15, 0.2) is 0 Å². The summed E-state index contributed by atoms with van der Waals surface area (Å²) in [6.45, 7) is 3.96. The van der Waals surface area contributed by atoms with Crippen molar-refractivity contribution >= 4 is 17.7 Å². The van der Waals surface area contributed by atoms with Crippen LogP contribution in [0.4, 0.5) is 5.69 Å². The predicted molar refractivity (Wildman–Crippen MR) is 86.3 cm³/mol. The van der Waals surface area contributed by atoms with Gasteiger partial charge in [-0.2, -0.15) is 0 Å². The van der Waals surface area contributed by atoms with Crippen molar-refractivity contribution in [1.82, 2.24) is 0 Å². The highest BCUT2D eigenvalue weighted by Gasteiger charge is 1.99. The molecule has 108 valence electrons. The zero-order chi connectivity index (χ0) is 15.1. The van der Waals surface area contributed by atoms with Gasteiger partial charge in [-0.05, 0) is 49.8 Å². The largest absolute Gasteiger partial charge is 0.491 e. The summed E-state index contributed by atoms with van der Waals surface area (Å²) in [5, 5.41) is 2.80. The van der Waals surface area contributed by atoms with E-state index in [2.05, 4.69) is 5.32 Å². The van der Waals surface area contributed by atoms with Gasteiger partial charge in [-0.15, -0.1) is 0 Å². The van der Waals surface area contributed by atoms with E-state index in [9.17, 15) is 4.79 Å². The number of anilines is 1. The molecule has 2 aromatic rings. The Balaban J connectivity index is 1.98. The lowest BCUT2D eigenvalue weighted by molar-refractivity contribution is -0.111. The minimum atomic E-state index is -0.156. The van der Waals surface area contributed by atoms with E-state index >= 15 is 0 Å². The number of hydrogen-bond acceptors (Lipinski definition) is 2. The summed E-state index contributed by atoms with van der Waals surface area (Å²) < 4.78 is 5.62. The molecule has 1 amide bonds. The van der Waals surface area contributed by atoms with E-state index in [1.165, 1.54) is 6.08 Å². The third-order valence-electron chi connectivity index (χ3n) is 2.70. The van der Waals surface area contributed by atoms with E-state index in [0.29, 0.717) is 0 Å². The van der Waals surface area contributed by atoms with Crippen molar-refractivity contribution in [2.24, 2.45) is 0 Å². The van der Waals surface area contributed by atoms with Gasteiger partial charge in [0.2, 0.25) is 5.91 Å². The average Bonchev–Trinajstić information content (AvgIpc) is 2.46. The fourth-order valence-electron chi connectivity index (χ4n) is 1.84. The molecule has 0 saturated heterocycles. The van der Waals surface area contributed by atoms with Gasteiger partial charge < -0.3 is 10.1 Å². The first kappa shape index (κ1) is 14.9. The Hall–Kier alpha value is -2.55. The molecule has 0 spiro atoms. The van der Waals surface area contributed by atoms with Crippen LogP contribution < -0.4 is 10.1 Å². The third-order valence-corrected chi connectivity index (χ3v) is 2.70. The van der Waals surface area contributed by atoms with Gasteiger partial charge in [-0.1, -0.05) is 30.3 Å². The molecule has 0 radical (unpaired) electrons. The van der Waals surface area contributed by atoms with Crippen molar-refractivity contribution in [3.05, 3.63) is 66.2 Å². The summed E-state index contributed by atoms with van der Waals surface area (Å²) in [4.78, 5) is 11.8. The Morgan fingerprint density at radius 3 is 2.57 bits per heavy atom. The van der Waals surface area contributed by atoms with E-state index in [0.717, 1.165) is 17.0 Å². The van der Waals surface area contributed by atoms with E-state index in [1.54, 1.807) is 6.08 Å². The summed E-state index contributed by atoms with van der Waals surface area (Å²) >= 11 is 0. The molecule has 0 atom stereocenters. The second-order valence-corrected chi connectivity index (χ2v) is 4.93. The van der Waals surface area contributed by atoms with E-state index in [-0.39, 0.29) is 12.0 Å². The lowest BCUT2D eigenvalue weighted by atomic mass is 10.2. The van der Waals surface area contributed by atoms with Gasteiger partial charge in [-0.25, -0.2) is 0 Å². The summed E-state index contributed by atoms with van der Waals surface area (Å²) in [7, 11) is 0. The molecule has 2 rings (SSSR count). The van der Waals surface area contributed by atoms with Crippen molar-refractivity contribution in [1.29, 1.82) is 0 Å². The zero-order valence-corrected chi connectivity index (χ0v) is 12.2. The highest BCUT2D eigenvalue weighted by Crippen LogP contribution is 2.16. The van der Waals surface area contributed by atoms with Crippen LogP contribution in [-0.2, 0) is 4.79 Å². The van der Waals surface area contributed by atoms with Gasteiger partial charge in [0.25, 0.3) is 0 Å². The molecule has 0 unspecified atom stereocenters. The summed E-state index contributed by atoms with van der Waals surface area (Å²) in [5.41, 5.74) is 1.71. The topological polar surface area (TPSA) is 38.3 Å². The molecule has 2 aromatic carbocycles. The Morgan fingerprint density at radius 2 is 1.86 bits per heavy atom. The van der Waals surface area contributed by atoms with Gasteiger partial charge in [-0.3, -0.25) is 4.79 Å². The van der Waals surface area contributed by atoms with Crippen molar-refractivity contribution in [3.8, 4) is 5.75 Å². The zero-order valence-electron chi connectivity index (χ0n) is 12.2. The fourth-order valence-corrected chi connectivity index (χ4v) is 1.84. The van der Waals surface area contributed by atoms with Crippen LogP contribution in [0.1, 0.15) is 19.4 Å². The Bertz CT molecular complexity index is 618. The number of amides is 1. The van der Waals surface area contributed by atoms with Gasteiger partial charge in [0.1, 0.15) is 5.75 Å². The Labute approximate surface area is 125 Å². The highest BCUT2D eigenvalue weighted by atomic mass is 16.5. The van der Waals surface area contributed by atoms with Crippen LogP contribution in [0.3, 0.4) is 0 Å². The number of hydrogen-bond donors (Lipinski definition) is 1. The smallest absolute Gasteiger partial charge is 0.248 e. The summed E-state index contributed by atoms with van der Waals surface area (Å²) in [5.74, 6) is 0.645.